The first-order valence-electron chi connectivity index (χ1n) is 13.2. The molecule has 3 aromatic rings. The van der Waals surface area contributed by atoms with Crippen molar-refractivity contribution < 1.29 is 28.5 Å². The molecule has 2 aliphatic rings. The lowest BCUT2D eigenvalue weighted by atomic mass is 9.88. The SMILES string of the molecule is COc1cc(CNC(=O)CN2CCCC(C)(C)COc3ccccc3Oc3ncccc3C2)cc2c1OCO2. The van der Waals surface area contributed by atoms with Crippen LogP contribution in [-0.4, -0.2) is 49.4 Å². The van der Waals surface area contributed by atoms with Crippen LogP contribution in [0, 0.1) is 5.41 Å². The quantitative estimate of drug-likeness (QED) is 0.494. The fourth-order valence-corrected chi connectivity index (χ4v) is 4.72. The van der Waals surface area contributed by atoms with Gasteiger partial charge in [-0.3, -0.25) is 9.69 Å². The molecule has 5 rings (SSSR count). The van der Waals surface area contributed by atoms with Crippen molar-refractivity contribution >= 4 is 5.91 Å². The predicted octanol–water partition coefficient (Wildman–Crippen LogP) is 4.93. The van der Waals surface area contributed by atoms with Crippen LogP contribution in [0.3, 0.4) is 0 Å². The molecule has 0 fully saturated rings. The minimum atomic E-state index is -0.0738. The number of hydrogen-bond donors (Lipinski definition) is 1. The van der Waals surface area contributed by atoms with Gasteiger partial charge in [-0.2, -0.15) is 0 Å². The Morgan fingerprint density at radius 1 is 1.08 bits per heavy atom. The van der Waals surface area contributed by atoms with Crippen molar-refractivity contribution in [1.29, 1.82) is 0 Å². The molecule has 1 N–H and O–H groups in total. The number of amides is 1. The van der Waals surface area contributed by atoms with Crippen molar-refractivity contribution in [2.75, 3.05) is 33.6 Å². The average molecular weight is 534 g/mol. The first-order valence-corrected chi connectivity index (χ1v) is 13.2. The highest BCUT2D eigenvalue weighted by atomic mass is 16.7. The van der Waals surface area contributed by atoms with Crippen LogP contribution in [0.5, 0.6) is 34.6 Å². The van der Waals surface area contributed by atoms with E-state index in [1.807, 2.05) is 48.5 Å². The van der Waals surface area contributed by atoms with E-state index in [4.69, 9.17) is 23.7 Å². The van der Waals surface area contributed by atoms with Crippen molar-refractivity contribution in [3.63, 3.8) is 0 Å². The molecule has 39 heavy (non-hydrogen) atoms. The molecule has 206 valence electrons. The molecule has 9 nitrogen and oxygen atoms in total. The normalized spacial score (nSPS) is 16.7. The maximum absolute atomic E-state index is 13.1. The summed E-state index contributed by atoms with van der Waals surface area (Å²) in [6.07, 6.45) is 3.58. The van der Waals surface area contributed by atoms with Crippen LogP contribution in [0.15, 0.2) is 54.7 Å². The number of nitrogens with one attached hydrogen (secondary N) is 1. The second kappa shape index (κ2) is 11.8. The summed E-state index contributed by atoms with van der Waals surface area (Å²) in [4.78, 5) is 19.7. The maximum Gasteiger partial charge on any atom is 0.234 e. The number of fused-ring (bicyclic) bond motifs is 3. The van der Waals surface area contributed by atoms with Gasteiger partial charge in [-0.15, -0.1) is 0 Å². The summed E-state index contributed by atoms with van der Waals surface area (Å²) in [6, 6.07) is 15.2. The summed E-state index contributed by atoms with van der Waals surface area (Å²) in [5.74, 6) is 3.54. The Hall–Kier alpha value is -3.98. The molecule has 0 aliphatic carbocycles. The first kappa shape index (κ1) is 26.6. The smallest absolute Gasteiger partial charge is 0.234 e. The van der Waals surface area contributed by atoms with Gasteiger partial charge in [0, 0.05) is 24.8 Å². The number of pyridine rings is 1. The number of rotatable bonds is 5. The van der Waals surface area contributed by atoms with E-state index in [-0.39, 0.29) is 24.7 Å². The number of carbonyl (C=O) groups excluding carboxylic acids is 1. The molecule has 0 radical (unpaired) electrons. The van der Waals surface area contributed by atoms with E-state index in [1.54, 1.807) is 13.3 Å². The molecule has 9 heteroatoms. The molecule has 2 aliphatic heterocycles. The Bertz CT molecular complexity index is 1310. The third kappa shape index (κ3) is 6.72. The van der Waals surface area contributed by atoms with E-state index in [0.717, 1.165) is 30.5 Å². The molecule has 0 unspecified atom stereocenters. The van der Waals surface area contributed by atoms with Gasteiger partial charge in [0.15, 0.2) is 23.0 Å². The van der Waals surface area contributed by atoms with E-state index in [2.05, 4.69) is 29.0 Å². The molecule has 1 amide bonds. The highest BCUT2D eigenvalue weighted by molar-refractivity contribution is 5.78. The van der Waals surface area contributed by atoms with E-state index in [1.165, 1.54) is 0 Å². The molecule has 0 spiro atoms. The van der Waals surface area contributed by atoms with Crippen LogP contribution in [0.25, 0.3) is 0 Å². The number of ether oxygens (including phenoxy) is 5. The average Bonchev–Trinajstić information content (AvgIpc) is 3.40. The minimum absolute atomic E-state index is 0.0431. The van der Waals surface area contributed by atoms with Gasteiger partial charge in [0.1, 0.15) is 0 Å². The van der Waals surface area contributed by atoms with Gasteiger partial charge in [-0.1, -0.05) is 32.0 Å². The zero-order chi connectivity index (χ0) is 27.2. The standard InChI is InChI=1S/C30H35N3O6/c1-30(2)11-7-13-33(18-27(34)32-16-21-14-25(35-3)28-26(15-21)37-20-38-28)17-22-8-6-12-31-29(22)39-24-10-5-4-9-23(24)36-19-30/h4-6,8-10,12,14-15H,7,11,13,16-20H2,1-3H3,(H,32,34). The van der Waals surface area contributed by atoms with Crippen LogP contribution >= 0.6 is 0 Å². The van der Waals surface area contributed by atoms with Gasteiger partial charge in [0.25, 0.3) is 0 Å². The monoisotopic (exact) mass is 533 g/mol. The van der Waals surface area contributed by atoms with Crippen LogP contribution in [-0.2, 0) is 17.9 Å². The van der Waals surface area contributed by atoms with E-state index >= 15 is 0 Å². The second-order valence-electron chi connectivity index (χ2n) is 10.6. The van der Waals surface area contributed by atoms with E-state index in [9.17, 15) is 4.79 Å². The molecular formula is C30H35N3O6. The number of para-hydroxylation sites is 2. The van der Waals surface area contributed by atoms with Crippen molar-refractivity contribution in [1.82, 2.24) is 15.2 Å². The number of benzene rings is 2. The van der Waals surface area contributed by atoms with Gasteiger partial charge < -0.3 is 29.0 Å². The van der Waals surface area contributed by atoms with Gasteiger partial charge in [-0.25, -0.2) is 4.98 Å². The Morgan fingerprint density at radius 3 is 2.77 bits per heavy atom. The van der Waals surface area contributed by atoms with E-state index < -0.39 is 0 Å². The van der Waals surface area contributed by atoms with Crippen LogP contribution in [0.4, 0.5) is 0 Å². The summed E-state index contributed by atoms with van der Waals surface area (Å²) in [5.41, 5.74) is 1.73. The maximum atomic E-state index is 13.1. The first-order chi connectivity index (χ1) is 18.9. The molecule has 0 saturated heterocycles. The van der Waals surface area contributed by atoms with Crippen molar-refractivity contribution in [3.8, 4) is 34.6 Å². The third-order valence-electron chi connectivity index (χ3n) is 6.82. The van der Waals surface area contributed by atoms with Crippen LogP contribution in [0.2, 0.25) is 0 Å². The van der Waals surface area contributed by atoms with Crippen LogP contribution in [0.1, 0.15) is 37.8 Å². The molecule has 0 saturated carbocycles. The minimum Gasteiger partial charge on any atom is -0.493 e. The lowest BCUT2D eigenvalue weighted by molar-refractivity contribution is -0.122. The van der Waals surface area contributed by atoms with Gasteiger partial charge in [0.05, 0.1) is 20.3 Å². The Balaban J connectivity index is 1.31. The van der Waals surface area contributed by atoms with Crippen molar-refractivity contribution in [3.05, 3.63) is 65.9 Å². The highest BCUT2D eigenvalue weighted by Crippen LogP contribution is 2.41. The fraction of sp³-hybridized carbons (Fsp3) is 0.400. The van der Waals surface area contributed by atoms with Crippen molar-refractivity contribution in [2.45, 2.75) is 39.8 Å². The number of carbonyl (C=O) groups is 1. The Labute approximate surface area is 229 Å². The second-order valence-corrected chi connectivity index (χ2v) is 10.6. The van der Waals surface area contributed by atoms with Crippen LogP contribution < -0.4 is 29.0 Å². The summed E-state index contributed by atoms with van der Waals surface area (Å²) in [7, 11) is 1.58. The Kier molecular flexibility index (Phi) is 8.07. The zero-order valence-electron chi connectivity index (χ0n) is 22.7. The van der Waals surface area contributed by atoms with Crippen molar-refractivity contribution in [2.24, 2.45) is 5.41 Å². The zero-order valence-corrected chi connectivity index (χ0v) is 22.7. The van der Waals surface area contributed by atoms with Gasteiger partial charge in [0.2, 0.25) is 24.3 Å². The summed E-state index contributed by atoms with van der Waals surface area (Å²) in [5, 5.41) is 3.04. The molecule has 3 heterocycles. The summed E-state index contributed by atoms with van der Waals surface area (Å²) in [6.45, 7) is 6.97. The largest absolute Gasteiger partial charge is 0.493 e. The highest BCUT2D eigenvalue weighted by Gasteiger charge is 2.24. The number of nitrogens with zero attached hydrogens (tertiary/aromatic N) is 2. The molecule has 1 aromatic heterocycles. The summed E-state index contributed by atoms with van der Waals surface area (Å²) >= 11 is 0. The number of methoxy groups -OCH3 is 1. The third-order valence-corrected chi connectivity index (χ3v) is 6.82. The predicted molar refractivity (Wildman–Crippen MR) is 146 cm³/mol. The molecule has 0 bridgehead atoms. The number of aromatic nitrogens is 1. The fourth-order valence-electron chi connectivity index (χ4n) is 4.72. The molecule has 0 atom stereocenters. The van der Waals surface area contributed by atoms with Gasteiger partial charge in [-0.05, 0) is 60.7 Å². The molecule has 2 aromatic carbocycles. The lowest BCUT2D eigenvalue weighted by Crippen LogP contribution is -2.37. The summed E-state index contributed by atoms with van der Waals surface area (Å²) < 4.78 is 28.8. The molecular weight excluding hydrogens is 498 g/mol. The lowest BCUT2D eigenvalue weighted by Gasteiger charge is -2.27. The topological polar surface area (TPSA) is 91.4 Å². The number of hydrogen-bond acceptors (Lipinski definition) is 8. The Morgan fingerprint density at radius 2 is 1.92 bits per heavy atom. The van der Waals surface area contributed by atoms with E-state index in [0.29, 0.717) is 54.3 Å². The van der Waals surface area contributed by atoms with Gasteiger partial charge >= 0.3 is 0 Å².